The lowest BCUT2D eigenvalue weighted by Gasteiger charge is -2.08. The highest BCUT2D eigenvalue weighted by atomic mass is 19.1. The summed E-state index contributed by atoms with van der Waals surface area (Å²) < 4.78 is 12.5. The molecule has 0 radical (unpaired) electrons. The van der Waals surface area contributed by atoms with E-state index in [9.17, 15) is 9.30 Å². The number of nitrogens with zero attached hydrogens (tertiary/aromatic N) is 2. The maximum Gasteiger partial charge on any atom is 0.123 e. The Kier molecular flexibility index (Phi) is 2.35. The van der Waals surface area contributed by atoms with Crippen molar-refractivity contribution < 1.29 is 9.60 Å². The zero-order chi connectivity index (χ0) is 9.14. The molecular formula is C7H7FN2O2. The van der Waals surface area contributed by atoms with E-state index < -0.39 is 5.82 Å². The van der Waals surface area contributed by atoms with Gasteiger partial charge < -0.3 is 0 Å². The van der Waals surface area contributed by atoms with Gasteiger partial charge in [-0.05, 0) is 30.7 Å². The number of anilines is 1. The topological polar surface area (TPSA) is 52.9 Å². The zero-order valence-electron chi connectivity index (χ0n) is 6.36. The highest BCUT2D eigenvalue weighted by Crippen LogP contribution is 2.19. The summed E-state index contributed by atoms with van der Waals surface area (Å²) >= 11 is 0. The minimum Gasteiger partial charge on any atom is -0.265 e. The molecule has 1 N–H and O–H groups in total. The Morgan fingerprint density at radius 3 is 2.75 bits per heavy atom. The highest BCUT2D eigenvalue weighted by molar-refractivity contribution is 5.49. The van der Waals surface area contributed by atoms with Crippen LogP contribution < -0.4 is 5.17 Å². The molecule has 0 aliphatic carbocycles. The third-order valence-corrected chi connectivity index (χ3v) is 1.45. The molecule has 0 aliphatic rings. The molecule has 0 fully saturated rings. The normalized spacial score (nSPS) is 9.58. The van der Waals surface area contributed by atoms with E-state index in [1.54, 1.807) is 6.92 Å². The molecule has 0 amide bonds. The number of nitroso groups, excluding NO2 is 1. The number of benzene rings is 1. The molecule has 5 heteroatoms. The van der Waals surface area contributed by atoms with Crippen LogP contribution in [0.15, 0.2) is 23.5 Å². The number of aryl methyl sites for hydroxylation is 1. The number of rotatable bonds is 2. The fraction of sp³-hybridized carbons (Fsp3) is 0.143. The van der Waals surface area contributed by atoms with Crippen molar-refractivity contribution in [2.24, 2.45) is 5.29 Å². The maximum absolute atomic E-state index is 12.5. The van der Waals surface area contributed by atoms with Crippen molar-refractivity contribution in [2.45, 2.75) is 6.92 Å². The van der Waals surface area contributed by atoms with Crippen LogP contribution in [0.5, 0.6) is 0 Å². The quantitative estimate of drug-likeness (QED) is 0.545. The summed E-state index contributed by atoms with van der Waals surface area (Å²) in [6.07, 6.45) is 0. The number of hydrogen-bond acceptors (Lipinski definition) is 3. The van der Waals surface area contributed by atoms with E-state index in [4.69, 9.17) is 5.21 Å². The van der Waals surface area contributed by atoms with Crippen molar-refractivity contribution in [3.8, 4) is 0 Å². The molecule has 4 nitrogen and oxygen atoms in total. The summed E-state index contributed by atoms with van der Waals surface area (Å²) in [7, 11) is 0. The molecule has 0 aromatic heterocycles. The van der Waals surface area contributed by atoms with Crippen molar-refractivity contribution in [3.63, 3.8) is 0 Å². The summed E-state index contributed by atoms with van der Waals surface area (Å²) in [6.45, 7) is 1.56. The van der Waals surface area contributed by atoms with Crippen LogP contribution in [0.1, 0.15) is 5.56 Å². The van der Waals surface area contributed by atoms with E-state index in [1.807, 2.05) is 0 Å². The number of halogens is 1. The first-order valence-electron chi connectivity index (χ1n) is 3.23. The van der Waals surface area contributed by atoms with Crippen LogP contribution >= 0.6 is 0 Å². The van der Waals surface area contributed by atoms with Gasteiger partial charge in [-0.3, -0.25) is 5.21 Å². The Hall–Kier alpha value is -1.49. The monoisotopic (exact) mass is 170 g/mol. The lowest BCUT2D eigenvalue weighted by Crippen LogP contribution is -2.09. The molecule has 0 saturated heterocycles. The summed E-state index contributed by atoms with van der Waals surface area (Å²) in [4.78, 5) is 9.87. The van der Waals surface area contributed by atoms with Gasteiger partial charge in [-0.2, -0.15) is 0 Å². The van der Waals surface area contributed by atoms with E-state index in [2.05, 4.69) is 5.29 Å². The molecule has 0 aliphatic heterocycles. The van der Waals surface area contributed by atoms with Crippen LogP contribution in [0.4, 0.5) is 10.1 Å². The molecule has 0 atom stereocenters. The van der Waals surface area contributed by atoms with Crippen molar-refractivity contribution in [1.29, 1.82) is 0 Å². The van der Waals surface area contributed by atoms with Crippen LogP contribution in [0.25, 0.3) is 0 Å². The molecule has 0 unspecified atom stereocenters. The number of hydrogen-bond donors (Lipinski definition) is 1. The second-order valence-electron chi connectivity index (χ2n) is 2.30. The first-order chi connectivity index (χ1) is 5.65. The molecular weight excluding hydrogens is 163 g/mol. The van der Waals surface area contributed by atoms with E-state index in [1.165, 1.54) is 12.1 Å². The van der Waals surface area contributed by atoms with Crippen LogP contribution in [-0.4, -0.2) is 5.21 Å². The van der Waals surface area contributed by atoms with Crippen molar-refractivity contribution in [1.82, 2.24) is 0 Å². The van der Waals surface area contributed by atoms with Crippen molar-refractivity contribution in [3.05, 3.63) is 34.5 Å². The second-order valence-corrected chi connectivity index (χ2v) is 2.30. The fourth-order valence-corrected chi connectivity index (χ4v) is 0.887. The second kappa shape index (κ2) is 3.27. The molecule has 0 saturated carbocycles. The Bertz CT molecular complexity index is 303. The lowest BCUT2D eigenvalue weighted by molar-refractivity contribution is 0.257. The van der Waals surface area contributed by atoms with Gasteiger partial charge in [0.25, 0.3) is 0 Å². The van der Waals surface area contributed by atoms with E-state index in [0.717, 1.165) is 6.07 Å². The van der Waals surface area contributed by atoms with Crippen molar-refractivity contribution >= 4 is 5.69 Å². The summed E-state index contributed by atoms with van der Waals surface area (Å²) in [5.41, 5.74) is 0.614. The molecule has 0 bridgehead atoms. The van der Waals surface area contributed by atoms with Gasteiger partial charge >= 0.3 is 0 Å². The summed E-state index contributed by atoms with van der Waals surface area (Å²) in [6, 6.07) is 3.60. The highest BCUT2D eigenvalue weighted by Gasteiger charge is 2.06. The molecule has 1 aromatic carbocycles. The van der Waals surface area contributed by atoms with Gasteiger partial charge in [0.2, 0.25) is 0 Å². The van der Waals surface area contributed by atoms with Gasteiger partial charge in [0.1, 0.15) is 5.82 Å². The SMILES string of the molecule is Cc1cc(F)ccc1N(O)N=O. The third kappa shape index (κ3) is 1.57. The van der Waals surface area contributed by atoms with Crippen LogP contribution in [0.3, 0.4) is 0 Å². The fourth-order valence-electron chi connectivity index (χ4n) is 0.887. The summed E-state index contributed by atoms with van der Waals surface area (Å²) in [5, 5.41) is 11.3. The first-order valence-corrected chi connectivity index (χ1v) is 3.23. The van der Waals surface area contributed by atoms with Crippen LogP contribution in [-0.2, 0) is 0 Å². The minimum absolute atomic E-state index is 0.161. The van der Waals surface area contributed by atoms with Gasteiger partial charge in [0.05, 0.1) is 11.0 Å². The third-order valence-electron chi connectivity index (χ3n) is 1.45. The standard InChI is InChI=1S/C7H7FN2O2/c1-5-4-6(8)2-3-7(5)10(12)9-11/h2-4,12H,1H3. The Morgan fingerprint density at radius 1 is 1.58 bits per heavy atom. The average molecular weight is 170 g/mol. The minimum atomic E-state index is -0.421. The predicted octanol–water partition coefficient (Wildman–Crippen LogP) is 2.01. The van der Waals surface area contributed by atoms with E-state index >= 15 is 0 Å². The van der Waals surface area contributed by atoms with Crippen LogP contribution in [0.2, 0.25) is 0 Å². The largest absolute Gasteiger partial charge is 0.265 e. The molecule has 0 heterocycles. The smallest absolute Gasteiger partial charge is 0.123 e. The molecule has 64 valence electrons. The van der Waals surface area contributed by atoms with Gasteiger partial charge in [-0.25, -0.2) is 4.39 Å². The van der Waals surface area contributed by atoms with Gasteiger partial charge in [0.15, 0.2) is 0 Å². The summed E-state index contributed by atoms with van der Waals surface area (Å²) in [5.74, 6) is -0.421. The molecule has 0 spiro atoms. The van der Waals surface area contributed by atoms with Gasteiger partial charge in [0, 0.05) is 0 Å². The van der Waals surface area contributed by atoms with Gasteiger partial charge in [-0.15, -0.1) is 10.1 Å². The Labute approximate surface area is 68.1 Å². The van der Waals surface area contributed by atoms with E-state index in [-0.39, 0.29) is 10.9 Å². The Morgan fingerprint density at radius 2 is 2.25 bits per heavy atom. The predicted molar refractivity (Wildman–Crippen MR) is 41.2 cm³/mol. The molecule has 1 rings (SSSR count). The van der Waals surface area contributed by atoms with E-state index in [0.29, 0.717) is 5.56 Å². The Balaban J connectivity index is 3.09. The van der Waals surface area contributed by atoms with Crippen LogP contribution in [0, 0.1) is 17.6 Å². The first kappa shape index (κ1) is 8.61. The molecule has 1 aromatic rings. The van der Waals surface area contributed by atoms with Crippen molar-refractivity contribution in [2.75, 3.05) is 5.17 Å². The lowest BCUT2D eigenvalue weighted by atomic mass is 10.2. The molecule has 12 heavy (non-hydrogen) atoms. The van der Waals surface area contributed by atoms with Gasteiger partial charge in [-0.1, -0.05) is 0 Å². The zero-order valence-corrected chi connectivity index (χ0v) is 6.36. The maximum atomic E-state index is 12.5. The average Bonchev–Trinajstić information content (AvgIpc) is 2.03.